The van der Waals surface area contributed by atoms with Crippen molar-refractivity contribution in [2.45, 2.75) is 0 Å². The van der Waals surface area contributed by atoms with Gasteiger partial charge in [0.2, 0.25) is 0 Å². The first-order valence-corrected chi connectivity index (χ1v) is 4.96. The Morgan fingerprint density at radius 3 is 2.65 bits per heavy atom. The van der Waals surface area contributed by atoms with Crippen molar-refractivity contribution in [3.05, 3.63) is 36.4 Å². The molecule has 3 rings (SSSR count). The van der Waals surface area contributed by atoms with Crippen LogP contribution in [0.3, 0.4) is 0 Å². The quantitative estimate of drug-likeness (QED) is 0.666. The van der Waals surface area contributed by atoms with Crippen LogP contribution in [0.1, 0.15) is 0 Å². The van der Waals surface area contributed by atoms with Gasteiger partial charge in [0.1, 0.15) is 11.3 Å². The van der Waals surface area contributed by atoms with E-state index in [0.29, 0.717) is 28.4 Å². The van der Waals surface area contributed by atoms with Gasteiger partial charge in [-0.3, -0.25) is 0 Å². The first-order chi connectivity index (χ1) is 8.24. The van der Waals surface area contributed by atoms with Gasteiger partial charge in [0.15, 0.2) is 17.3 Å². The van der Waals surface area contributed by atoms with Crippen molar-refractivity contribution in [2.24, 2.45) is 0 Å². The average Bonchev–Trinajstić information content (AvgIpc) is 2.78. The lowest BCUT2D eigenvalue weighted by Crippen LogP contribution is -1.97. The number of nitrogens with one attached hydrogen (secondary N) is 1. The molecule has 0 aliphatic rings. The monoisotopic (exact) mass is 229 g/mol. The number of hydrogen-bond acceptors (Lipinski definition) is 4. The Labute approximate surface area is 95.5 Å². The second-order valence-electron chi connectivity index (χ2n) is 3.54. The molecule has 17 heavy (non-hydrogen) atoms. The number of hydrogen-bond donors (Lipinski definition) is 2. The summed E-state index contributed by atoms with van der Waals surface area (Å²) in [6.07, 6.45) is 1.50. The van der Waals surface area contributed by atoms with E-state index in [0.717, 1.165) is 0 Å². The van der Waals surface area contributed by atoms with Crippen molar-refractivity contribution >= 4 is 17.0 Å². The maximum absolute atomic E-state index is 12.8. The lowest BCUT2D eigenvalue weighted by molar-refractivity contribution is 0.628. The number of anilines is 1. The molecule has 0 fully saturated rings. The number of imidazole rings is 1. The van der Waals surface area contributed by atoms with Gasteiger partial charge in [-0.2, -0.15) is 0 Å². The predicted octanol–water partition coefficient (Wildman–Crippen LogP) is 1.74. The van der Waals surface area contributed by atoms with Crippen molar-refractivity contribution < 1.29 is 4.39 Å². The molecular formula is C11H8FN5. The van der Waals surface area contributed by atoms with Gasteiger partial charge in [-0.25, -0.2) is 19.3 Å². The highest BCUT2D eigenvalue weighted by Gasteiger charge is 2.08. The van der Waals surface area contributed by atoms with E-state index in [1.54, 1.807) is 12.1 Å². The molecule has 0 aliphatic heterocycles. The molecule has 3 aromatic rings. The third-order valence-corrected chi connectivity index (χ3v) is 2.42. The number of nitrogens with zero attached hydrogens (tertiary/aromatic N) is 3. The van der Waals surface area contributed by atoms with Crippen molar-refractivity contribution in [2.75, 3.05) is 5.73 Å². The van der Waals surface area contributed by atoms with Crippen molar-refractivity contribution in [1.82, 2.24) is 19.9 Å². The minimum atomic E-state index is -0.303. The Bertz CT molecular complexity index is 674. The molecule has 0 spiro atoms. The topological polar surface area (TPSA) is 80.5 Å². The zero-order valence-corrected chi connectivity index (χ0v) is 8.68. The SMILES string of the molecule is Nc1nc(-c2ccc(F)cc2)nc2nc[nH]c12. The zero-order chi connectivity index (χ0) is 11.8. The second-order valence-corrected chi connectivity index (χ2v) is 3.54. The van der Waals surface area contributed by atoms with E-state index in [9.17, 15) is 4.39 Å². The summed E-state index contributed by atoms with van der Waals surface area (Å²) < 4.78 is 12.8. The van der Waals surface area contributed by atoms with E-state index < -0.39 is 0 Å². The predicted molar refractivity (Wildman–Crippen MR) is 61.5 cm³/mol. The Hall–Kier alpha value is -2.50. The van der Waals surface area contributed by atoms with Crippen molar-refractivity contribution in [3.63, 3.8) is 0 Å². The Morgan fingerprint density at radius 2 is 1.88 bits per heavy atom. The van der Waals surface area contributed by atoms with E-state index in [2.05, 4.69) is 19.9 Å². The van der Waals surface area contributed by atoms with Crippen molar-refractivity contribution in [1.29, 1.82) is 0 Å². The fraction of sp³-hybridized carbons (Fsp3) is 0. The highest BCUT2D eigenvalue weighted by molar-refractivity contribution is 5.83. The third kappa shape index (κ3) is 1.59. The number of aromatic amines is 1. The van der Waals surface area contributed by atoms with E-state index in [4.69, 9.17) is 5.73 Å². The molecule has 2 aromatic heterocycles. The summed E-state index contributed by atoms with van der Waals surface area (Å²) in [5, 5.41) is 0. The van der Waals surface area contributed by atoms with Crippen LogP contribution in [-0.2, 0) is 0 Å². The molecule has 0 atom stereocenters. The smallest absolute Gasteiger partial charge is 0.183 e. The van der Waals surface area contributed by atoms with E-state index in [-0.39, 0.29) is 5.82 Å². The molecule has 84 valence electrons. The molecule has 6 heteroatoms. The molecule has 5 nitrogen and oxygen atoms in total. The van der Waals surface area contributed by atoms with Gasteiger partial charge >= 0.3 is 0 Å². The number of halogens is 1. The van der Waals surface area contributed by atoms with Crippen LogP contribution in [-0.4, -0.2) is 19.9 Å². The number of nitrogens with two attached hydrogens (primary N) is 1. The Morgan fingerprint density at radius 1 is 1.12 bits per heavy atom. The average molecular weight is 229 g/mol. The largest absolute Gasteiger partial charge is 0.382 e. The fourth-order valence-electron chi connectivity index (χ4n) is 1.58. The van der Waals surface area contributed by atoms with E-state index >= 15 is 0 Å². The van der Waals surface area contributed by atoms with Gasteiger partial charge in [0.05, 0.1) is 6.33 Å². The third-order valence-electron chi connectivity index (χ3n) is 2.42. The van der Waals surface area contributed by atoms with Crippen LogP contribution < -0.4 is 5.73 Å². The lowest BCUT2D eigenvalue weighted by Gasteiger charge is -2.01. The first-order valence-electron chi connectivity index (χ1n) is 4.96. The molecule has 0 aliphatic carbocycles. The van der Waals surface area contributed by atoms with Gasteiger partial charge in [-0.15, -0.1) is 0 Å². The Balaban J connectivity index is 2.20. The van der Waals surface area contributed by atoms with Crippen LogP contribution in [0.25, 0.3) is 22.6 Å². The summed E-state index contributed by atoms with van der Waals surface area (Å²) in [5.41, 5.74) is 7.57. The van der Waals surface area contributed by atoms with Crippen LogP contribution in [0, 0.1) is 5.82 Å². The molecule has 0 unspecified atom stereocenters. The van der Waals surface area contributed by atoms with E-state index in [1.807, 2.05) is 0 Å². The molecule has 2 heterocycles. The normalized spacial score (nSPS) is 10.9. The van der Waals surface area contributed by atoms with Gasteiger partial charge in [0, 0.05) is 5.56 Å². The van der Waals surface area contributed by atoms with Gasteiger partial charge in [0.25, 0.3) is 0 Å². The molecule has 0 radical (unpaired) electrons. The number of rotatable bonds is 1. The number of nitrogen functional groups attached to an aromatic ring is 1. The summed E-state index contributed by atoms with van der Waals surface area (Å²) in [7, 11) is 0. The number of fused-ring (bicyclic) bond motifs is 1. The zero-order valence-electron chi connectivity index (χ0n) is 8.68. The van der Waals surface area contributed by atoms with Crippen LogP contribution in [0.5, 0.6) is 0 Å². The van der Waals surface area contributed by atoms with Gasteiger partial charge in [-0.05, 0) is 24.3 Å². The Kier molecular flexibility index (Phi) is 2.01. The van der Waals surface area contributed by atoms with Crippen LogP contribution in [0.4, 0.5) is 10.2 Å². The summed E-state index contributed by atoms with van der Waals surface area (Å²) >= 11 is 0. The van der Waals surface area contributed by atoms with Crippen LogP contribution in [0.15, 0.2) is 30.6 Å². The van der Waals surface area contributed by atoms with Crippen LogP contribution in [0.2, 0.25) is 0 Å². The molecule has 0 bridgehead atoms. The van der Waals surface area contributed by atoms with E-state index in [1.165, 1.54) is 18.5 Å². The number of H-pyrrole nitrogens is 1. The van der Waals surface area contributed by atoms with Crippen molar-refractivity contribution in [3.8, 4) is 11.4 Å². The number of benzene rings is 1. The molecule has 0 saturated heterocycles. The second kappa shape index (κ2) is 3.51. The maximum Gasteiger partial charge on any atom is 0.183 e. The summed E-state index contributed by atoms with van der Waals surface area (Å²) in [6, 6.07) is 5.90. The minimum absolute atomic E-state index is 0.303. The maximum atomic E-state index is 12.8. The lowest BCUT2D eigenvalue weighted by atomic mass is 10.2. The van der Waals surface area contributed by atoms with Gasteiger partial charge < -0.3 is 10.7 Å². The summed E-state index contributed by atoms with van der Waals surface area (Å²) in [4.78, 5) is 15.3. The minimum Gasteiger partial charge on any atom is -0.382 e. The molecule has 0 saturated carbocycles. The summed E-state index contributed by atoms with van der Waals surface area (Å²) in [6.45, 7) is 0. The molecular weight excluding hydrogens is 221 g/mol. The molecule has 0 amide bonds. The molecule has 3 N–H and O–H groups in total. The van der Waals surface area contributed by atoms with Gasteiger partial charge in [-0.1, -0.05) is 0 Å². The first kappa shape index (κ1) is 9.71. The highest BCUT2D eigenvalue weighted by atomic mass is 19.1. The highest BCUT2D eigenvalue weighted by Crippen LogP contribution is 2.20. The van der Waals surface area contributed by atoms with Crippen LogP contribution >= 0.6 is 0 Å². The molecule has 1 aromatic carbocycles. The fourth-order valence-corrected chi connectivity index (χ4v) is 1.58. The summed E-state index contributed by atoms with van der Waals surface area (Å²) in [5.74, 6) is 0.455. The number of aromatic nitrogens is 4. The standard InChI is InChI=1S/C11H8FN5/c12-7-3-1-6(2-4-7)10-16-9(13)8-11(17-10)15-5-14-8/h1-5H,(H3,13,14,15,16,17).